The molecule has 2 aromatic carbocycles. The standard InChI is InChI=1S/C15H17BrN2O2S/c1-11-9-13(16)7-8-14(11)18-21(19,20)15-6-4-3-5-12(15)10-17-2/h3-9,17-18H,10H2,1-2H3. The third-order valence-electron chi connectivity index (χ3n) is 3.06. The number of aryl methyl sites for hydroxylation is 1. The fourth-order valence-corrected chi connectivity index (χ4v) is 3.89. The van der Waals surface area contributed by atoms with Crippen LogP contribution in [0.4, 0.5) is 5.69 Å². The summed E-state index contributed by atoms with van der Waals surface area (Å²) < 4.78 is 28.7. The lowest BCUT2D eigenvalue weighted by molar-refractivity contribution is 0.599. The molecule has 0 saturated carbocycles. The van der Waals surface area contributed by atoms with Gasteiger partial charge in [-0.05, 0) is 49.4 Å². The minimum atomic E-state index is -3.61. The van der Waals surface area contributed by atoms with E-state index in [4.69, 9.17) is 0 Å². The van der Waals surface area contributed by atoms with Gasteiger partial charge in [0.1, 0.15) is 0 Å². The maximum Gasteiger partial charge on any atom is 0.262 e. The van der Waals surface area contributed by atoms with Gasteiger partial charge in [0.25, 0.3) is 10.0 Å². The molecule has 0 spiro atoms. The van der Waals surface area contributed by atoms with E-state index in [1.807, 2.05) is 25.1 Å². The molecule has 2 rings (SSSR count). The molecule has 0 bridgehead atoms. The van der Waals surface area contributed by atoms with Gasteiger partial charge < -0.3 is 5.32 Å². The summed E-state index contributed by atoms with van der Waals surface area (Å²) in [6.45, 7) is 2.36. The van der Waals surface area contributed by atoms with Crippen LogP contribution < -0.4 is 10.0 Å². The molecule has 0 aliphatic rings. The van der Waals surface area contributed by atoms with Crippen molar-refractivity contribution in [3.63, 3.8) is 0 Å². The summed E-state index contributed by atoms with van der Waals surface area (Å²) in [5.41, 5.74) is 2.18. The maximum absolute atomic E-state index is 12.6. The number of benzene rings is 2. The van der Waals surface area contributed by atoms with E-state index >= 15 is 0 Å². The number of hydrogen-bond acceptors (Lipinski definition) is 3. The topological polar surface area (TPSA) is 58.2 Å². The molecule has 0 aliphatic carbocycles. The van der Waals surface area contributed by atoms with Gasteiger partial charge in [-0.1, -0.05) is 34.1 Å². The number of nitrogens with one attached hydrogen (secondary N) is 2. The highest BCUT2D eigenvalue weighted by molar-refractivity contribution is 9.10. The van der Waals surface area contributed by atoms with E-state index in [0.29, 0.717) is 17.1 Å². The Hall–Kier alpha value is -1.37. The minimum Gasteiger partial charge on any atom is -0.316 e. The molecule has 0 radical (unpaired) electrons. The normalized spacial score (nSPS) is 11.4. The minimum absolute atomic E-state index is 0.293. The monoisotopic (exact) mass is 368 g/mol. The summed E-state index contributed by atoms with van der Waals surface area (Å²) in [6.07, 6.45) is 0. The maximum atomic E-state index is 12.6. The lowest BCUT2D eigenvalue weighted by Crippen LogP contribution is -2.17. The zero-order chi connectivity index (χ0) is 15.5. The van der Waals surface area contributed by atoms with Gasteiger partial charge in [0.15, 0.2) is 0 Å². The molecular formula is C15H17BrN2O2S. The Morgan fingerprint density at radius 1 is 1.14 bits per heavy atom. The predicted molar refractivity (Wildman–Crippen MR) is 88.9 cm³/mol. The van der Waals surface area contributed by atoms with Gasteiger partial charge in [0.2, 0.25) is 0 Å². The molecule has 0 heterocycles. The molecule has 0 aliphatic heterocycles. The van der Waals surface area contributed by atoms with Crippen molar-refractivity contribution in [2.75, 3.05) is 11.8 Å². The van der Waals surface area contributed by atoms with E-state index in [-0.39, 0.29) is 0 Å². The predicted octanol–water partition coefficient (Wildman–Crippen LogP) is 3.28. The Morgan fingerprint density at radius 2 is 1.86 bits per heavy atom. The first kappa shape index (κ1) is 16.0. The van der Waals surface area contributed by atoms with E-state index in [2.05, 4.69) is 26.0 Å². The zero-order valence-corrected chi connectivity index (χ0v) is 14.3. The number of anilines is 1. The third-order valence-corrected chi connectivity index (χ3v) is 5.02. The molecule has 4 nitrogen and oxygen atoms in total. The fourth-order valence-electron chi connectivity index (χ4n) is 2.04. The Bertz CT molecular complexity index is 745. The van der Waals surface area contributed by atoms with Crippen LogP contribution >= 0.6 is 15.9 Å². The van der Waals surface area contributed by atoms with Crippen molar-refractivity contribution in [1.29, 1.82) is 0 Å². The molecule has 0 unspecified atom stereocenters. The van der Waals surface area contributed by atoms with Crippen molar-refractivity contribution < 1.29 is 8.42 Å². The summed E-state index contributed by atoms with van der Waals surface area (Å²) in [5.74, 6) is 0. The van der Waals surface area contributed by atoms with Gasteiger partial charge in [0, 0.05) is 11.0 Å². The SMILES string of the molecule is CNCc1ccccc1S(=O)(=O)Nc1ccc(Br)cc1C. The van der Waals surface area contributed by atoms with Gasteiger partial charge in [0.05, 0.1) is 10.6 Å². The van der Waals surface area contributed by atoms with E-state index in [0.717, 1.165) is 15.6 Å². The van der Waals surface area contributed by atoms with Crippen molar-refractivity contribution in [2.45, 2.75) is 18.4 Å². The second-order valence-electron chi connectivity index (χ2n) is 4.70. The van der Waals surface area contributed by atoms with Gasteiger partial charge >= 0.3 is 0 Å². The molecule has 112 valence electrons. The summed E-state index contributed by atoms with van der Waals surface area (Å²) in [7, 11) is -1.82. The van der Waals surface area contributed by atoms with Crippen LogP contribution in [0.3, 0.4) is 0 Å². The van der Waals surface area contributed by atoms with Crippen LogP contribution in [0, 0.1) is 6.92 Å². The molecule has 0 saturated heterocycles. The Kier molecular flexibility index (Phi) is 5.03. The van der Waals surface area contributed by atoms with Gasteiger partial charge in [-0.15, -0.1) is 0 Å². The Labute approximate surface area is 133 Å². The lowest BCUT2D eigenvalue weighted by Gasteiger charge is -2.13. The van der Waals surface area contributed by atoms with Crippen molar-refractivity contribution in [3.05, 3.63) is 58.1 Å². The van der Waals surface area contributed by atoms with Crippen molar-refractivity contribution in [3.8, 4) is 0 Å². The van der Waals surface area contributed by atoms with Gasteiger partial charge in [-0.3, -0.25) is 4.72 Å². The number of hydrogen-bond donors (Lipinski definition) is 2. The summed E-state index contributed by atoms with van der Waals surface area (Å²) in [4.78, 5) is 0.293. The van der Waals surface area contributed by atoms with E-state index < -0.39 is 10.0 Å². The summed E-state index contributed by atoms with van der Waals surface area (Å²) >= 11 is 3.37. The quantitative estimate of drug-likeness (QED) is 0.851. The van der Waals surface area contributed by atoms with Crippen LogP contribution in [0.1, 0.15) is 11.1 Å². The van der Waals surface area contributed by atoms with Crippen LogP contribution in [0.15, 0.2) is 51.8 Å². The molecule has 21 heavy (non-hydrogen) atoms. The zero-order valence-electron chi connectivity index (χ0n) is 11.9. The molecule has 0 atom stereocenters. The van der Waals surface area contributed by atoms with Gasteiger partial charge in [-0.2, -0.15) is 0 Å². The van der Waals surface area contributed by atoms with E-state index in [1.54, 1.807) is 31.3 Å². The van der Waals surface area contributed by atoms with E-state index in [9.17, 15) is 8.42 Å². The average molecular weight is 369 g/mol. The van der Waals surface area contributed by atoms with Crippen LogP contribution in [-0.2, 0) is 16.6 Å². The highest BCUT2D eigenvalue weighted by Gasteiger charge is 2.18. The second kappa shape index (κ2) is 6.60. The first-order valence-electron chi connectivity index (χ1n) is 6.45. The highest BCUT2D eigenvalue weighted by atomic mass is 79.9. The molecule has 0 aromatic heterocycles. The first-order chi connectivity index (χ1) is 9.94. The smallest absolute Gasteiger partial charge is 0.262 e. The molecule has 0 fully saturated rings. The first-order valence-corrected chi connectivity index (χ1v) is 8.73. The molecular weight excluding hydrogens is 352 g/mol. The summed E-state index contributed by atoms with van der Waals surface area (Å²) in [6, 6.07) is 12.4. The molecule has 2 aromatic rings. The lowest BCUT2D eigenvalue weighted by atomic mass is 10.2. The van der Waals surface area contributed by atoms with Crippen molar-refractivity contribution in [1.82, 2.24) is 5.32 Å². The number of halogens is 1. The second-order valence-corrected chi connectivity index (χ2v) is 7.27. The highest BCUT2D eigenvalue weighted by Crippen LogP contribution is 2.24. The van der Waals surface area contributed by atoms with Crippen molar-refractivity contribution >= 4 is 31.6 Å². The Balaban J connectivity index is 2.39. The van der Waals surface area contributed by atoms with Crippen molar-refractivity contribution in [2.24, 2.45) is 0 Å². The Morgan fingerprint density at radius 3 is 2.52 bits per heavy atom. The number of rotatable bonds is 5. The largest absolute Gasteiger partial charge is 0.316 e. The molecule has 2 N–H and O–H groups in total. The van der Waals surface area contributed by atoms with Gasteiger partial charge in [-0.25, -0.2) is 8.42 Å². The fraction of sp³-hybridized carbons (Fsp3) is 0.200. The molecule has 6 heteroatoms. The summed E-state index contributed by atoms with van der Waals surface area (Å²) in [5, 5.41) is 2.98. The van der Waals surface area contributed by atoms with Crippen LogP contribution in [0.5, 0.6) is 0 Å². The third kappa shape index (κ3) is 3.84. The van der Waals surface area contributed by atoms with Crippen LogP contribution in [0.25, 0.3) is 0 Å². The molecule has 0 amide bonds. The number of sulfonamides is 1. The van der Waals surface area contributed by atoms with Crippen LogP contribution in [0.2, 0.25) is 0 Å². The van der Waals surface area contributed by atoms with Crippen LogP contribution in [-0.4, -0.2) is 15.5 Å². The van der Waals surface area contributed by atoms with E-state index in [1.165, 1.54) is 0 Å². The average Bonchev–Trinajstić information content (AvgIpc) is 2.43.